The molecule has 2 aromatic heterocycles. The number of amides is 1. The van der Waals surface area contributed by atoms with Gasteiger partial charge in [0.2, 0.25) is 5.91 Å². The van der Waals surface area contributed by atoms with Crippen LogP contribution in [0.3, 0.4) is 0 Å². The van der Waals surface area contributed by atoms with E-state index in [0.717, 1.165) is 44.8 Å². The van der Waals surface area contributed by atoms with Gasteiger partial charge in [0.05, 0.1) is 18.5 Å². The molecule has 0 saturated heterocycles. The molecule has 0 radical (unpaired) electrons. The van der Waals surface area contributed by atoms with Gasteiger partial charge in [-0.2, -0.15) is 5.10 Å². The lowest BCUT2D eigenvalue weighted by atomic mass is 10.1. The van der Waals surface area contributed by atoms with E-state index in [2.05, 4.69) is 20.5 Å². The van der Waals surface area contributed by atoms with Crippen LogP contribution < -0.4 is 14.9 Å². The summed E-state index contributed by atoms with van der Waals surface area (Å²) in [7, 11) is 0. The molecule has 1 amide bonds. The van der Waals surface area contributed by atoms with Crippen molar-refractivity contribution in [3.63, 3.8) is 0 Å². The number of H-pyrrole nitrogens is 1. The Morgan fingerprint density at radius 3 is 2.73 bits per heavy atom. The van der Waals surface area contributed by atoms with E-state index in [1.165, 1.54) is 0 Å². The van der Waals surface area contributed by atoms with E-state index in [1.807, 2.05) is 61.5 Å². The molecule has 30 heavy (non-hydrogen) atoms. The third kappa shape index (κ3) is 4.90. The van der Waals surface area contributed by atoms with Crippen LogP contribution in [0.1, 0.15) is 21.8 Å². The predicted molar refractivity (Wildman–Crippen MR) is 116 cm³/mol. The monoisotopic (exact) mass is 420 g/mol. The number of benzene rings is 2. The first kappa shape index (κ1) is 19.8. The summed E-state index contributed by atoms with van der Waals surface area (Å²) >= 11 is 0.986. The molecule has 0 fully saturated rings. The van der Waals surface area contributed by atoms with Gasteiger partial charge in [-0.1, -0.05) is 41.7 Å². The standard InChI is InChI=1S/C22H20N4O3S/c1-14-10-16(18-4-2-3-5-19(18)24-14)13-29-17-8-6-15(7-9-17)11-20(27)23-12-21-25-26-22(28)30-21/h2-10H,11-13H2,1H3,(H,23,27)(H,26,28). The highest BCUT2D eigenvalue weighted by molar-refractivity contribution is 7.08. The van der Waals surface area contributed by atoms with Crippen LogP contribution in [0, 0.1) is 6.92 Å². The number of para-hydroxylation sites is 1. The van der Waals surface area contributed by atoms with E-state index in [0.29, 0.717) is 11.6 Å². The number of ether oxygens (including phenoxy) is 1. The average molecular weight is 420 g/mol. The summed E-state index contributed by atoms with van der Waals surface area (Å²) in [6, 6.07) is 17.5. The first-order valence-corrected chi connectivity index (χ1v) is 10.3. The van der Waals surface area contributed by atoms with Gasteiger partial charge < -0.3 is 10.1 Å². The first-order valence-electron chi connectivity index (χ1n) is 9.45. The molecule has 7 nitrogen and oxygen atoms in total. The van der Waals surface area contributed by atoms with Crippen LogP contribution in [0.25, 0.3) is 10.9 Å². The fourth-order valence-electron chi connectivity index (χ4n) is 3.14. The number of fused-ring (bicyclic) bond motifs is 1. The third-order valence-electron chi connectivity index (χ3n) is 4.53. The number of nitrogens with one attached hydrogen (secondary N) is 2. The number of aryl methyl sites for hydroxylation is 1. The molecule has 0 saturated carbocycles. The molecule has 0 spiro atoms. The molecule has 4 aromatic rings. The van der Waals surface area contributed by atoms with Crippen LogP contribution >= 0.6 is 11.3 Å². The fourth-order valence-corrected chi connectivity index (χ4v) is 3.68. The summed E-state index contributed by atoms with van der Waals surface area (Å²) < 4.78 is 5.95. The highest BCUT2D eigenvalue weighted by atomic mass is 32.1. The van der Waals surface area contributed by atoms with Crippen molar-refractivity contribution >= 4 is 28.1 Å². The Kier molecular flexibility index (Phi) is 5.85. The number of hydrogen-bond acceptors (Lipinski definition) is 6. The Bertz CT molecular complexity index is 1230. The molecular formula is C22H20N4O3S. The van der Waals surface area contributed by atoms with Crippen LogP contribution in [0.4, 0.5) is 0 Å². The van der Waals surface area contributed by atoms with E-state index >= 15 is 0 Å². The summed E-state index contributed by atoms with van der Waals surface area (Å²) in [5, 5.41) is 10.5. The van der Waals surface area contributed by atoms with E-state index in [4.69, 9.17) is 4.74 Å². The quantitative estimate of drug-likeness (QED) is 0.479. The van der Waals surface area contributed by atoms with Gasteiger partial charge in [-0.25, -0.2) is 5.10 Å². The summed E-state index contributed by atoms with van der Waals surface area (Å²) in [5.41, 5.74) is 3.87. The minimum absolute atomic E-state index is 0.134. The molecule has 2 N–H and O–H groups in total. The zero-order chi connectivity index (χ0) is 20.9. The molecule has 0 aliphatic carbocycles. The highest BCUT2D eigenvalue weighted by Gasteiger charge is 2.07. The summed E-state index contributed by atoms with van der Waals surface area (Å²) in [5.74, 6) is 0.601. The first-order chi connectivity index (χ1) is 14.6. The fraction of sp³-hybridized carbons (Fsp3) is 0.182. The maximum Gasteiger partial charge on any atom is 0.322 e. The summed E-state index contributed by atoms with van der Waals surface area (Å²) in [6.07, 6.45) is 0.244. The van der Waals surface area contributed by atoms with Crippen molar-refractivity contribution in [2.24, 2.45) is 0 Å². The number of rotatable bonds is 7. The van der Waals surface area contributed by atoms with Crippen LogP contribution in [-0.2, 0) is 24.4 Å². The third-order valence-corrected chi connectivity index (χ3v) is 5.28. The van der Waals surface area contributed by atoms with Crippen LogP contribution in [0.15, 0.2) is 59.4 Å². The topological polar surface area (TPSA) is 97.0 Å². The van der Waals surface area contributed by atoms with Gasteiger partial charge in [-0.15, -0.1) is 0 Å². The normalized spacial score (nSPS) is 10.8. The number of carbonyl (C=O) groups is 1. The molecule has 8 heteroatoms. The SMILES string of the molecule is Cc1cc(COc2ccc(CC(=O)NCc3n[nH]c(=O)s3)cc2)c2ccccc2n1. The van der Waals surface area contributed by atoms with Crippen molar-refractivity contribution < 1.29 is 9.53 Å². The van der Waals surface area contributed by atoms with Gasteiger partial charge in [0, 0.05) is 16.6 Å². The van der Waals surface area contributed by atoms with Gasteiger partial charge in [0.25, 0.3) is 0 Å². The van der Waals surface area contributed by atoms with E-state index in [-0.39, 0.29) is 23.7 Å². The minimum Gasteiger partial charge on any atom is -0.489 e. The van der Waals surface area contributed by atoms with Gasteiger partial charge in [-0.3, -0.25) is 14.6 Å². The molecule has 4 rings (SSSR count). The maximum atomic E-state index is 12.1. The van der Waals surface area contributed by atoms with Crippen molar-refractivity contribution in [3.05, 3.63) is 86.1 Å². The van der Waals surface area contributed by atoms with E-state index in [1.54, 1.807) is 0 Å². The maximum absolute atomic E-state index is 12.1. The van der Waals surface area contributed by atoms with Gasteiger partial charge >= 0.3 is 4.87 Å². The molecule has 0 aliphatic heterocycles. The average Bonchev–Trinajstić information content (AvgIpc) is 3.16. The van der Waals surface area contributed by atoms with E-state index in [9.17, 15) is 9.59 Å². The second kappa shape index (κ2) is 8.87. The minimum atomic E-state index is -0.232. The summed E-state index contributed by atoms with van der Waals surface area (Å²) in [4.78, 5) is 27.5. The van der Waals surface area contributed by atoms with E-state index < -0.39 is 0 Å². The number of hydrogen-bond donors (Lipinski definition) is 2. The second-order valence-electron chi connectivity index (χ2n) is 6.83. The zero-order valence-corrected chi connectivity index (χ0v) is 17.2. The lowest BCUT2D eigenvalue weighted by Gasteiger charge is -2.10. The molecule has 0 bridgehead atoms. The molecule has 0 aliphatic rings. The Labute approximate surface area is 176 Å². The number of aromatic amines is 1. The molecular weight excluding hydrogens is 400 g/mol. The van der Waals surface area contributed by atoms with Crippen molar-refractivity contribution in [1.29, 1.82) is 0 Å². The Morgan fingerprint density at radius 1 is 1.17 bits per heavy atom. The van der Waals surface area contributed by atoms with Gasteiger partial charge in [0.1, 0.15) is 17.4 Å². The van der Waals surface area contributed by atoms with Crippen molar-refractivity contribution in [1.82, 2.24) is 20.5 Å². The second-order valence-corrected chi connectivity index (χ2v) is 7.88. The van der Waals surface area contributed by atoms with Crippen LogP contribution in [-0.4, -0.2) is 21.1 Å². The molecule has 152 valence electrons. The lowest BCUT2D eigenvalue weighted by molar-refractivity contribution is -0.120. The Balaban J connectivity index is 1.34. The van der Waals surface area contributed by atoms with Crippen LogP contribution in [0.5, 0.6) is 5.75 Å². The van der Waals surface area contributed by atoms with Crippen LogP contribution in [0.2, 0.25) is 0 Å². The van der Waals surface area contributed by atoms with Gasteiger partial charge in [0.15, 0.2) is 0 Å². The number of aromatic nitrogens is 3. The molecule has 2 aromatic carbocycles. The summed E-state index contributed by atoms with van der Waals surface area (Å²) in [6.45, 7) is 2.65. The molecule has 2 heterocycles. The zero-order valence-electron chi connectivity index (χ0n) is 16.3. The van der Waals surface area contributed by atoms with Gasteiger partial charge in [-0.05, 0) is 36.8 Å². The number of nitrogens with zero attached hydrogens (tertiary/aromatic N) is 2. The van der Waals surface area contributed by atoms with Crippen molar-refractivity contribution in [2.75, 3.05) is 0 Å². The smallest absolute Gasteiger partial charge is 0.322 e. The highest BCUT2D eigenvalue weighted by Crippen LogP contribution is 2.21. The Hall–Kier alpha value is -3.52. The lowest BCUT2D eigenvalue weighted by Crippen LogP contribution is -2.24. The largest absolute Gasteiger partial charge is 0.489 e. The van der Waals surface area contributed by atoms with Crippen molar-refractivity contribution in [2.45, 2.75) is 26.5 Å². The molecule has 0 unspecified atom stereocenters. The predicted octanol–water partition coefficient (Wildman–Crippen LogP) is 3.13. The Morgan fingerprint density at radius 2 is 1.97 bits per heavy atom. The van der Waals surface area contributed by atoms with Crippen molar-refractivity contribution in [3.8, 4) is 5.75 Å². The number of carbonyl (C=O) groups excluding carboxylic acids is 1. The molecule has 0 atom stereocenters. The number of pyridine rings is 1.